The third-order valence-corrected chi connectivity index (χ3v) is 4.46. The number of nitrogens with zero attached hydrogens (tertiary/aromatic N) is 1. The molecule has 0 unspecified atom stereocenters. The Hall–Kier alpha value is -2.09. The second-order valence-corrected chi connectivity index (χ2v) is 5.97. The van der Waals surface area contributed by atoms with Crippen LogP contribution in [0.25, 0.3) is 0 Å². The quantitative estimate of drug-likeness (QED) is 0.795. The van der Waals surface area contributed by atoms with Crippen molar-refractivity contribution < 1.29 is 4.79 Å². The number of carbonyl (C=O) groups excluding carboxylic acids is 1. The Balaban J connectivity index is 1.84. The van der Waals surface area contributed by atoms with Crippen LogP contribution in [-0.2, 0) is 6.42 Å². The maximum atomic E-state index is 12.7. The smallest absolute Gasteiger partial charge is 0.182 e. The van der Waals surface area contributed by atoms with Crippen molar-refractivity contribution in [2.45, 2.75) is 27.2 Å². The van der Waals surface area contributed by atoms with E-state index in [1.54, 1.807) is 0 Å². The van der Waals surface area contributed by atoms with Crippen molar-refractivity contribution in [2.24, 2.45) is 0 Å². The normalized spacial score (nSPS) is 13.4. The molecule has 2 nitrogen and oxygen atoms in total. The van der Waals surface area contributed by atoms with E-state index in [0.29, 0.717) is 6.54 Å². The second kappa shape index (κ2) is 5.36. The van der Waals surface area contributed by atoms with Gasteiger partial charge in [-0.25, -0.2) is 0 Å². The minimum atomic E-state index is 0.215. The Morgan fingerprint density at radius 1 is 1.05 bits per heavy atom. The van der Waals surface area contributed by atoms with Gasteiger partial charge in [0.1, 0.15) is 0 Å². The molecule has 0 amide bonds. The van der Waals surface area contributed by atoms with Crippen molar-refractivity contribution in [1.82, 2.24) is 0 Å². The predicted molar refractivity (Wildman–Crippen MR) is 87.3 cm³/mol. The molecule has 0 radical (unpaired) electrons. The van der Waals surface area contributed by atoms with E-state index in [1.807, 2.05) is 19.1 Å². The molecule has 0 N–H and O–H groups in total. The number of aryl methyl sites for hydroxylation is 3. The van der Waals surface area contributed by atoms with E-state index in [4.69, 9.17) is 0 Å². The first-order chi connectivity index (χ1) is 10.1. The van der Waals surface area contributed by atoms with Crippen LogP contribution in [0.2, 0.25) is 0 Å². The summed E-state index contributed by atoms with van der Waals surface area (Å²) < 4.78 is 0. The van der Waals surface area contributed by atoms with Crippen LogP contribution in [0.4, 0.5) is 5.69 Å². The van der Waals surface area contributed by atoms with Crippen molar-refractivity contribution in [2.75, 3.05) is 18.0 Å². The molecule has 2 heteroatoms. The third-order valence-electron chi connectivity index (χ3n) is 4.46. The van der Waals surface area contributed by atoms with E-state index < -0.39 is 0 Å². The number of benzene rings is 2. The molecule has 3 rings (SSSR count). The number of rotatable bonds is 3. The fraction of sp³-hybridized carbons (Fsp3) is 0.316. The standard InChI is InChI=1S/C19H21NO/c1-13-10-15(3)17(11-14(13)2)19(21)12-20-9-8-16-6-4-5-7-18(16)20/h4-7,10-11H,8-9,12H2,1-3H3. The lowest BCUT2D eigenvalue weighted by Crippen LogP contribution is -2.28. The summed E-state index contributed by atoms with van der Waals surface area (Å²) in [6.45, 7) is 7.59. The van der Waals surface area contributed by atoms with Crippen molar-refractivity contribution in [3.8, 4) is 0 Å². The Kier molecular flexibility index (Phi) is 3.54. The molecule has 108 valence electrons. The first-order valence-corrected chi connectivity index (χ1v) is 7.50. The number of hydrogen-bond donors (Lipinski definition) is 0. The van der Waals surface area contributed by atoms with Gasteiger partial charge in [-0.3, -0.25) is 4.79 Å². The van der Waals surface area contributed by atoms with Crippen molar-refractivity contribution in [3.05, 3.63) is 64.2 Å². The van der Waals surface area contributed by atoms with Gasteiger partial charge in [-0.2, -0.15) is 0 Å². The Morgan fingerprint density at radius 2 is 1.76 bits per heavy atom. The van der Waals surface area contributed by atoms with E-state index >= 15 is 0 Å². The predicted octanol–water partition coefficient (Wildman–Crippen LogP) is 3.86. The number of anilines is 1. The minimum Gasteiger partial charge on any atom is -0.363 e. The van der Waals surface area contributed by atoms with E-state index in [2.05, 4.69) is 43.0 Å². The van der Waals surface area contributed by atoms with Crippen LogP contribution >= 0.6 is 0 Å². The van der Waals surface area contributed by atoms with Gasteiger partial charge in [0.05, 0.1) is 6.54 Å². The molecule has 0 spiro atoms. The summed E-state index contributed by atoms with van der Waals surface area (Å²) in [6.07, 6.45) is 1.04. The maximum absolute atomic E-state index is 12.7. The molecule has 21 heavy (non-hydrogen) atoms. The molecular formula is C19H21NO. The number of ketones is 1. The van der Waals surface area contributed by atoms with Crippen LogP contribution < -0.4 is 4.90 Å². The summed E-state index contributed by atoms with van der Waals surface area (Å²) in [6, 6.07) is 12.5. The SMILES string of the molecule is Cc1cc(C)c(C(=O)CN2CCc3ccccc32)cc1C. The Morgan fingerprint density at radius 3 is 2.57 bits per heavy atom. The largest absolute Gasteiger partial charge is 0.363 e. The zero-order valence-electron chi connectivity index (χ0n) is 12.9. The number of Topliss-reactive ketones (excluding diaryl/α,β-unsaturated/α-hetero) is 1. The van der Waals surface area contributed by atoms with Crippen molar-refractivity contribution in [1.29, 1.82) is 0 Å². The molecule has 1 heterocycles. The molecule has 0 bridgehead atoms. The molecule has 0 aromatic heterocycles. The number of carbonyl (C=O) groups is 1. The van der Waals surface area contributed by atoms with E-state index in [9.17, 15) is 4.79 Å². The van der Waals surface area contributed by atoms with Gasteiger partial charge in [-0.05, 0) is 61.6 Å². The molecule has 0 aliphatic carbocycles. The van der Waals surface area contributed by atoms with Crippen LogP contribution in [0.15, 0.2) is 36.4 Å². The van der Waals surface area contributed by atoms with Crippen LogP contribution in [0.1, 0.15) is 32.6 Å². The summed E-state index contributed by atoms with van der Waals surface area (Å²) in [5, 5.41) is 0. The minimum absolute atomic E-state index is 0.215. The summed E-state index contributed by atoms with van der Waals surface area (Å²) in [5.74, 6) is 0.215. The average Bonchev–Trinajstić information content (AvgIpc) is 2.86. The van der Waals surface area contributed by atoms with Gasteiger partial charge in [0.2, 0.25) is 0 Å². The Labute approximate surface area is 126 Å². The summed E-state index contributed by atoms with van der Waals surface area (Å²) in [5.41, 5.74) is 6.94. The zero-order chi connectivity index (χ0) is 15.0. The van der Waals surface area contributed by atoms with Gasteiger partial charge in [0.15, 0.2) is 5.78 Å². The highest BCUT2D eigenvalue weighted by Crippen LogP contribution is 2.27. The number of hydrogen-bond acceptors (Lipinski definition) is 2. The molecular weight excluding hydrogens is 258 g/mol. The molecule has 0 saturated heterocycles. The average molecular weight is 279 g/mol. The van der Waals surface area contributed by atoms with Gasteiger partial charge < -0.3 is 4.90 Å². The molecule has 0 fully saturated rings. The fourth-order valence-corrected chi connectivity index (χ4v) is 3.09. The monoisotopic (exact) mass is 279 g/mol. The van der Waals surface area contributed by atoms with Gasteiger partial charge in [-0.15, -0.1) is 0 Å². The molecule has 1 aliphatic rings. The zero-order valence-corrected chi connectivity index (χ0v) is 12.9. The molecule has 0 saturated carbocycles. The van der Waals surface area contributed by atoms with Gasteiger partial charge in [0, 0.05) is 17.8 Å². The lowest BCUT2D eigenvalue weighted by atomic mass is 9.98. The van der Waals surface area contributed by atoms with Crippen molar-refractivity contribution in [3.63, 3.8) is 0 Å². The molecule has 0 atom stereocenters. The van der Waals surface area contributed by atoms with Crippen LogP contribution in [0.5, 0.6) is 0 Å². The van der Waals surface area contributed by atoms with E-state index in [-0.39, 0.29) is 5.78 Å². The highest BCUT2D eigenvalue weighted by Gasteiger charge is 2.21. The maximum Gasteiger partial charge on any atom is 0.182 e. The highest BCUT2D eigenvalue weighted by molar-refractivity contribution is 6.01. The van der Waals surface area contributed by atoms with Gasteiger partial charge in [-0.1, -0.05) is 24.3 Å². The van der Waals surface area contributed by atoms with Crippen LogP contribution in [0.3, 0.4) is 0 Å². The second-order valence-electron chi connectivity index (χ2n) is 5.97. The lowest BCUT2D eigenvalue weighted by molar-refractivity contribution is 0.0999. The van der Waals surface area contributed by atoms with Crippen molar-refractivity contribution >= 4 is 11.5 Å². The molecule has 2 aromatic carbocycles. The lowest BCUT2D eigenvalue weighted by Gasteiger charge is -2.19. The fourth-order valence-electron chi connectivity index (χ4n) is 3.09. The summed E-state index contributed by atoms with van der Waals surface area (Å²) >= 11 is 0. The van der Waals surface area contributed by atoms with E-state index in [0.717, 1.165) is 24.1 Å². The van der Waals surface area contributed by atoms with Crippen LogP contribution in [-0.4, -0.2) is 18.9 Å². The van der Waals surface area contributed by atoms with Gasteiger partial charge >= 0.3 is 0 Å². The Bertz CT molecular complexity index is 703. The molecule has 1 aliphatic heterocycles. The number of fused-ring (bicyclic) bond motifs is 1. The summed E-state index contributed by atoms with van der Waals surface area (Å²) in [7, 11) is 0. The highest BCUT2D eigenvalue weighted by atomic mass is 16.1. The third kappa shape index (κ3) is 2.58. The number of para-hydroxylation sites is 1. The topological polar surface area (TPSA) is 20.3 Å². The van der Waals surface area contributed by atoms with E-state index in [1.165, 1.54) is 22.4 Å². The first-order valence-electron chi connectivity index (χ1n) is 7.50. The molecule has 2 aromatic rings. The first kappa shape index (κ1) is 13.9. The summed E-state index contributed by atoms with van der Waals surface area (Å²) in [4.78, 5) is 14.9. The van der Waals surface area contributed by atoms with Gasteiger partial charge in [0.25, 0.3) is 0 Å². The van der Waals surface area contributed by atoms with Crippen LogP contribution in [0, 0.1) is 20.8 Å².